The van der Waals surface area contributed by atoms with Gasteiger partial charge in [0, 0.05) is 0 Å². The van der Waals surface area contributed by atoms with Crippen LogP contribution in [0.4, 0.5) is 0 Å². The van der Waals surface area contributed by atoms with E-state index in [-0.39, 0.29) is 10.8 Å². The summed E-state index contributed by atoms with van der Waals surface area (Å²) in [4.78, 5) is 0. The van der Waals surface area contributed by atoms with E-state index in [0.717, 1.165) is 12.8 Å². The first-order chi connectivity index (χ1) is 36.9. The molecule has 0 spiro atoms. The van der Waals surface area contributed by atoms with Crippen LogP contribution in [0.2, 0.25) is 0 Å². The molecule has 2 atom stereocenters. The minimum absolute atomic E-state index is 0.330. The highest BCUT2D eigenvalue weighted by atomic mass is 14.7. The van der Waals surface area contributed by atoms with Crippen molar-refractivity contribution >= 4 is 280 Å². The molecule has 0 saturated heterocycles. The third-order valence-electron chi connectivity index (χ3n) is 26.2. The van der Waals surface area contributed by atoms with Crippen molar-refractivity contribution in [3.63, 3.8) is 0 Å². The monoisotopic (exact) mass is 902 g/mol. The van der Waals surface area contributed by atoms with Gasteiger partial charge in [-0.25, -0.2) is 0 Å². The third kappa shape index (κ3) is 1.59. The van der Waals surface area contributed by atoms with Crippen LogP contribution in [-0.4, -0.2) is 0 Å². The maximum atomic E-state index is 2.51. The molecular weight excluding hydrogens is 889 g/mol. The van der Waals surface area contributed by atoms with Crippen LogP contribution < -0.4 is 0 Å². The molecule has 0 heteroatoms. The smallest absolute Gasteiger partial charge is 0.0523 e. The molecule has 5 aliphatic rings. The van der Waals surface area contributed by atoms with Crippen LogP contribution in [0.3, 0.4) is 0 Å². The number of hydrogen-bond acceptors (Lipinski definition) is 0. The lowest BCUT2D eigenvalue weighted by atomic mass is 9.51. The Morgan fingerprint density at radius 2 is 0.284 bits per heavy atom. The zero-order chi connectivity index (χ0) is 44.1. The van der Waals surface area contributed by atoms with Gasteiger partial charge in [-0.15, -0.1) is 0 Å². The molecule has 5 aliphatic carbocycles. The van der Waals surface area contributed by atoms with Crippen molar-refractivity contribution < 1.29 is 0 Å². The molecule has 0 saturated carbocycles. The molecule has 0 bridgehead atoms. The Morgan fingerprint density at radius 3 is 0.486 bits per heavy atom. The highest BCUT2D eigenvalue weighted by Crippen LogP contribution is 2.84. The summed E-state index contributed by atoms with van der Waals surface area (Å²) in [6, 6.07) is 24.0. The van der Waals surface area contributed by atoms with Crippen molar-refractivity contribution in [1.82, 2.24) is 0 Å². The van der Waals surface area contributed by atoms with Crippen molar-refractivity contribution in [3.05, 3.63) is 105 Å². The standard InChI is InChI=1S/C74H14/c1-3-7-13(8-4-1)11-73-67-59-50-43-30-23-17-18-20-16-15-19(17)28(30)34-32-21(15)25-22(16)33-35-29(20)31-24(18)27-26(23)37-45-38(27)47-44(31)51-49(35)53-40(33)42-36(25)41-39(32)52(48(34)50)63(67)65-54(41)55(42)66-64(53)68-60(51)57(47)62-58(45)61(56(59)46(37)43)69(73)70(62)74(68,72(66)71(65)73)12-14-9-5-2-6-10-14/h1-10H,11-12H2. The summed E-state index contributed by atoms with van der Waals surface area (Å²) in [7, 11) is 0. The van der Waals surface area contributed by atoms with Gasteiger partial charge in [0.2, 0.25) is 0 Å². The van der Waals surface area contributed by atoms with Crippen molar-refractivity contribution in [3.8, 4) is 0 Å². The normalized spacial score (nSPS) is 21.2. The van der Waals surface area contributed by atoms with Crippen molar-refractivity contribution in [2.75, 3.05) is 0 Å². The lowest BCUT2D eigenvalue weighted by molar-refractivity contribution is 0.538. The number of benzene rings is 19. The van der Waals surface area contributed by atoms with E-state index in [1.165, 1.54) is 11.1 Å². The Bertz CT molecular complexity index is 7270. The predicted molar refractivity (Wildman–Crippen MR) is 312 cm³/mol. The molecule has 0 amide bonds. The second-order valence-corrected chi connectivity index (χ2v) is 26.9. The maximum absolute atomic E-state index is 2.51. The quantitative estimate of drug-likeness (QED) is 0.154. The second-order valence-electron chi connectivity index (χ2n) is 26.9. The first-order valence-electron chi connectivity index (χ1n) is 27.7. The first kappa shape index (κ1) is 28.2. The van der Waals surface area contributed by atoms with Crippen LogP contribution in [0.15, 0.2) is 60.7 Å². The molecule has 0 N–H and O–H groups in total. The zero-order valence-electron chi connectivity index (χ0n) is 38.2. The predicted octanol–water partition coefficient (Wildman–Crippen LogP) is 19.5. The van der Waals surface area contributed by atoms with Crippen molar-refractivity contribution in [1.29, 1.82) is 0 Å². The topological polar surface area (TPSA) is 0 Å². The number of hydrogen-bond donors (Lipinski definition) is 0. The van der Waals surface area contributed by atoms with E-state index in [0.29, 0.717) is 0 Å². The minimum atomic E-state index is -0.330. The van der Waals surface area contributed by atoms with E-state index in [4.69, 9.17) is 0 Å². The van der Waals surface area contributed by atoms with Gasteiger partial charge in [0.1, 0.15) is 0 Å². The van der Waals surface area contributed by atoms with Gasteiger partial charge in [-0.05, 0) is 337 Å². The van der Waals surface area contributed by atoms with E-state index in [1.54, 1.807) is 313 Å². The summed E-state index contributed by atoms with van der Waals surface area (Å²) in [5.41, 5.74) is 12.8. The van der Waals surface area contributed by atoms with Crippen molar-refractivity contribution in [2.24, 2.45) is 0 Å². The molecule has 0 fully saturated rings. The first-order valence-corrected chi connectivity index (χ1v) is 27.7. The Morgan fingerprint density at radius 1 is 0.149 bits per heavy atom. The van der Waals surface area contributed by atoms with Crippen LogP contribution in [0, 0.1) is 0 Å². The lowest BCUT2D eigenvalue weighted by Crippen LogP contribution is -2.45. The molecule has 74 heavy (non-hydrogen) atoms. The van der Waals surface area contributed by atoms with E-state index >= 15 is 0 Å². The molecule has 0 aliphatic heterocycles. The SMILES string of the molecule is c1ccc(CC23c4c5c6c7c8c9c%10c%11c(c2c2c%12c3c3c%13c4c6c4c6c%13c%13c3c3c%12c%12c%14c2c%11c2c%11c%10c%10c8c8c7c4c4c6c6c%13c7c3c%12c3c(c%142)c2c%11c%10c%10c8c4c4c%10c2c3c7c64)C59Cc2ccccc2)cc1. The van der Waals surface area contributed by atoms with Gasteiger partial charge in [-0.1, -0.05) is 60.7 Å². The Kier molecular flexibility index (Phi) is 2.54. The summed E-state index contributed by atoms with van der Waals surface area (Å²) in [5, 5.41) is 86.7. The van der Waals surface area contributed by atoms with Crippen LogP contribution in [0.25, 0.3) is 280 Å². The van der Waals surface area contributed by atoms with Gasteiger partial charge in [0.15, 0.2) is 0 Å². The van der Waals surface area contributed by atoms with Gasteiger partial charge in [0.05, 0.1) is 10.8 Å². The van der Waals surface area contributed by atoms with E-state index in [1.807, 2.05) is 0 Å². The summed E-state index contributed by atoms with van der Waals surface area (Å²) in [6.45, 7) is 0. The van der Waals surface area contributed by atoms with Crippen LogP contribution in [0.1, 0.15) is 44.5 Å². The van der Waals surface area contributed by atoms with Crippen LogP contribution in [0.5, 0.6) is 0 Å². The Labute approximate surface area is 406 Å². The molecule has 0 radical (unpaired) electrons. The van der Waals surface area contributed by atoms with Gasteiger partial charge in [-0.3, -0.25) is 0 Å². The average Bonchev–Trinajstić information content (AvgIpc) is 3.63. The Balaban J connectivity index is 1.14. The van der Waals surface area contributed by atoms with Crippen molar-refractivity contribution in [2.45, 2.75) is 23.7 Å². The van der Waals surface area contributed by atoms with E-state index in [9.17, 15) is 0 Å². The van der Waals surface area contributed by atoms with Crippen LogP contribution in [-0.2, 0) is 23.7 Å². The summed E-state index contributed by atoms with van der Waals surface area (Å²) < 4.78 is 0. The largest absolute Gasteiger partial charge is 0.0622 e. The molecule has 0 nitrogen and oxygen atoms in total. The fourth-order valence-electron chi connectivity index (χ4n) is 25.9. The maximum Gasteiger partial charge on any atom is 0.0523 e. The van der Waals surface area contributed by atoms with Gasteiger partial charge in [-0.2, -0.15) is 0 Å². The molecule has 34 rings (SSSR count). The van der Waals surface area contributed by atoms with Gasteiger partial charge >= 0.3 is 0 Å². The molecule has 0 aromatic heterocycles. The summed E-state index contributed by atoms with van der Waals surface area (Å²) >= 11 is 0. The summed E-state index contributed by atoms with van der Waals surface area (Å²) in [5.74, 6) is 0. The molecular formula is C74H14. The Hall–Kier alpha value is -9.10. The molecule has 310 valence electrons. The molecule has 0 heterocycles. The zero-order valence-corrected chi connectivity index (χ0v) is 38.2. The second kappa shape index (κ2) is 6.66. The van der Waals surface area contributed by atoms with E-state index in [2.05, 4.69) is 60.7 Å². The molecule has 29 aromatic carbocycles. The van der Waals surface area contributed by atoms with Crippen LogP contribution >= 0.6 is 0 Å². The van der Waals surface area contributed by atoms with Gasteiger partial charge < -0.3 is 0 Å². The molecule has 29 aromatic rings. The van der Waals surface area contributed by atoms with E-state index < -0.39 is 0 Å². The fourth-order valence-corrected chi connectivity index (χ4v) is 25.9. The molecule has 2 unspecified atom stereocenters. The third-order valence-corrected chi connectivity index (χ3v) is 26.2. The minimum Gasteiger partial charge on any atom is -0.0622 e. The summed E-state index contributed by atoms with van der Waals surface area (Å²) in [6.07, 6.45) is 2.01. The highest BCUT2D eigenvalue weighted by molar-refractivity contribution is 6.81. The number of rotatable bonds is 4. The average molecular weight is 903 g/mol. The lowest BCUT2D eigenvalue weighted by Gasteiger charge is -2.49. The van der Waals surface area contributed by atoms with Gasteiger partial charge in [0.25, 0.3) is 0 Å². The highest BCUT2D eigenvalue weighted by Gasteiger charge is 2.66. The fraction of sp³-hybridized carbons (Fsp3) is 0.0541.